The van der Waals surface area contributed by atoms with Crippen molar-refractivity contribution in [2.75, 3.05) is 45.1 Å². The molecule has 1 unspecified atom stereocenters. The lowest BCUT2D eigenvalue weighted by atomic mass is 9.89. The Bertz CT molecular complexity index is 710. The predicted molar refractivity (Wildman–Crippen MR) is 115 cm³/mol. The van der Waals surface area contributed by atoms with Gasteiger partial charge in [0, 0.05) is 38.5 Å². The zero-order valence-electron chi connectivity index (χ0n) is 16.8. The van der Waals surface area contributed by atoms with Crippen LogP contribution in [0.4, 0.5) is 5.69 Å². The molecule has 4 heteroatoms. The van der Waals surface area contributed by atoms with Crippen molar-refractivity contribution in [2.45, 2.75) is 37.8 Å². The normalized spacial score (nSPS) is 22.8. The second kappa shape index (κ2) is 9.55. The standard InChI is InChI=1S/C24H33N3O/c25-23-9-7-21(8-10-23)22-11-14-26(15-12-22)18-24-19-27(13-4-16-28-24)17-20-5-2-1-3-6-20/h1-3,5-10,22,24H,4,11-19,25H2. The van der Waals surface area contributed by atoms with Crippen LogP contribution < -0.4 is 5.73 Å². The van der Waals surface area contributed by atoms with Gasteiger partial charge in [0.05, 0.1) is 6.10 Å². The number of ether oxygens (including phenoxy) is 1. The van der Waals surface area contributed by atoms with Crippen LogP contribution in [0, 0.1) is 0 Å². The Balaban J connectivity index is 1.27. The van der Waals surface area contributed by atoms with E-state index in [9.17, 15) is 0 Å². The molecule has 2 fully saturated rings. The molecule has 4 nitrogen and oxygen atoms in total. The Morgan fingerprint density at radius 2 is 1.64 bits per heavy atom. The van der Waals surface area contributed by atoms with Crippen molar-refractivity contribution in [1.29, 1.82) is 0 Å². The van der Waals surface area contributed by atoms with Crippen LogP contribution in [-0.2, 0) is 11.3 Å². The van der Waals surface area contributed by atoms with Gasteiger partial charge in [0.15, 0.2) is 0 Å². The van der Waals surface area contributed by atoms with Crippen LogP contribution in [0.3, 0.4) is 0 Å². The summed E-state index contributed by atoms with van der Waals surface area (Å²) in [6.07, 6.45) is 3.90. The highest BCUT2D eigenvalue weighted by Gasteiger charge is 2.25. The van der Waals surface area contributed by atoms with E-state index in [0.29, 0.717) is 12.0 Å². The van der Waals surface area contributed by atoms with Crippen LogP contribution in [0.2, 0.25) is 0 Å². The van der Waals surface area contributed by atoms with Crippen molar-refractivity contribution in [3.63, 3.8) is 0 Å². The van der Waals surface area contributed by atoms with E-state index in [1.807, 2.05) is 12.1 Å². The summed E-state index contributed by atoms with van der Waals surface area (Å²) >= 11 is 0. The van der Waals surface area contributed by atoms with E-state index < -0.39 is 0 Å². The second-order valence-corrected chi connectivity index (χ2v) is 8.31. The minimum atomic E-state index is 0.319. The number of benzene rings is 2. The number of nitrogen functional groups attached to an aromatic ring is 1. The first-order valence-electron chi connectivity index (χ1n) is 10.7. The monoisotopic (exact) mass is 379 g/mol. The van der Waals surface area contributed by atoms with E-state index in [1.54, 1.807) is 0 Å². The molecule has 4 rings (SSSR count). The lowest BCUT2D eigenvalue weighted by molar-refractivity contribution is 0.0203. The summed E-state index contributed by atoms with van der Waals surface area (Å²) in [6.45, 7) is 7.45. The van der Waals surface area contributed by atoms with E-state index in [0.717, 1.165) is 58.0 Å². The van der Waals surface area contributed by atoms with Gasteiger partial charge in [-0.3, -0.25) is 4.90 Å². The average Bonchev–Trinajstić information content (AvgIpc) is 2.95. The molecule has 0 radical (unpaired) electrons. The van der Waals surface area contributed by atoms with Gasteiger partial charge in [0.1, 0.15) is 0 Å². The van der Waals surface area contributed by atoms with Crippen LogP contribution in [-0.4, -0.2) is 55.2 Å². The van der Waals surface area contributed by atoms with Crippen LogP contribution in [0.25, 0.3) is 0 Å². The van der Waals surface area contributed by atoms with Crippen molar-refractivity contribution < 1.29 is 4.74 Å². The summed E-state index contributed by atoms with van der Waals surface area (Å²) in [5.41, 5.74) is 9.52. The summed E-state index contributed by atoms with van der Waals surface area (Å²) in [4.78, 5) is 5.17. The molecule has 2 N–H and O–H groups in total. The highest BCUT2D eigenvalue weighted by atomic mass is 16.5. The molecule has 2 saturated heterocycles. The maximum absolute atomic E-state index is 6.20. The van der Waals surface area contributed by atoms with Gasteiger partial charge in [-0.25, -0.2) is 0 Å². The van der Waals surface area contributed by atoms with Gasteiger partial charge < -0.3 is 15.4 Å². The Kier molecular flexibility index (Phi) is 6.63. The van der Waals surface area contributed by atoms with Crippen LogP contribution in [0.1, 0.15) is 36.3 Å². The molecule has 0 saturated carbocycles. The molecule has 2 aliphatic rings. The van der Waals surface area contributed by atoms with E-state index in [-0.39, 0.29) is 0 Å². The molecule has 0 spiro atoms. The topological polar surface area (TPSA) is 41.7 Å². The fourth-order valence-corrected chi connectivity index (χ4v) is 4.57. The number of anilines is 1. The second-order valence-electron chi connectivity index (χ2n) is 8.31. The molecule has 0 aromatic heterocycles. The molecule has 28 heavy (non-hydrogen) atoms. The van der Waals surface area contributed by atoms with E-state index in [1.165, 1.54) is 24.0 Å². The number of nitrogens with two attached hydrogens (primary N) is 1. The highest BCUT2D eigenvalue weighted by Crippen LogP contribution is 2.28. The lowest BCUT2D eigenvalue weighted by Crippen LogP contribution is -2.43. The summed E-state index contributed by atoms with van der Waals surface area (Å²) in [6, 6.07) is 19.3. The van der Waals surface area contributed by atoms with Crippen molar-refractivity contribution in [2.24, 2.45) is 0 Å². The molecule has 0 amide bonds. The quantitative estimate of drug-likeness (QED) is 0.804. The number of hydrogen-bond donors (Lipinski definition) is 1. The maximum atomic E-state index is 6.20. The summed E-state index contributed by atoms with van der Waals surface area (Å²) < 4.78 is 6.20. The smallest absolute Gasteiger partial charge is 0.0828 e. The number of piperidine rings is 1. The van der Waals surface area contributed by atoms with Crippen molar-refractivity contribution in [1.82, 2.24) is 9.80 Å². The van der Waals surface area contributed by atoms with Crippen LogP contribution >= 0.6 is 0 Å². The summed E-state index contributed by atoms with van der Waals surface area (Å²) in [7, 11) is 0. The van der Waals surface area contributed by atoms with E-state index in [4.69, 9.17) is 10.5 Å². The number of likely N-dealkylation sites (tertiary alicyclic amines) is 1. The van der Waals surface area contributed by atoms with Crippen molar-refractivity contribution in [3.8, 4) is 0 Å². The average molecular weight is 380 g/mol. The van der Waals surface area contributed by atoms with Gasteiger partial charge in [-0.2, -0.15) is 0 Å². The zero-order valence-corrected chi connectivity index (χ0v) is 16.8. The Morgan fingerprint density at radius 3 is 2.39 bits per heavy atom. The molecule has 2 aliphatic heterocycles. The van der Waals surface area contributed by atoms with Gasteiger partial charge in [0.25, 0.3) is 0 Å². The third kappa shape index (κ3) is 5.34. The van der Waals surface area contributed by atoms with Crippen molar-refractivity contribution in [3.05, 3.63) is 65.7 Å². The molecular weight excluding hydrogens is 346 g/mol. The zero-order chi connectivity index (χ0) is 19.2. The maximum Gasteiger partial charge on any atom is 0.0828 e. The lowest BCUT2D eigenvalue weighted by Gasteiger charge is -2.35. The first kappa shape index (κ1) is 19.4. The largest absolute Gasteiger partial charge is 0.399 e. The van der Waals surface area contributed by atoms with Gasteiger partial charge in [-0.1, -0.05) is 42.5 Å². The molecule has 0 aliphatic carbocycles. The molecule has 2 heterocycles. The molecule has 1 atom stereocenters. The fraction of sp³-hybridized carbons (Fsp3) is 0.500. The highest BCUT2D eigenvalue weighted by molar-refractivity contribution is 5.40. The van der Waals surface area contributed by atoms with Crippen LogP contribution in [0.5, 0.6) is 0 Å². The summed E-state index contributed by atoms with van der Waals surface area (Å²) in [5, 5.41) is 0. The van der Waals surface area contributed by atoms with Gasteiger partial charge in [0.2, 0.25) is 0 Å². The molecule has 150 valence electrons. The number of rotatable bonds is 5. The minimum absolute atomic E-state index is 0.319. The predicted octanol–water partition coefficient (Wildman–Crippen LogP) is 3.74. The Hall–Kier alpha value is -1.88. The number of hydrogen-bond acceptors (Lipinski definition) is 4. The van der Waals surface area contributed by atoms with Gasteiger partial charge in [-0.15, -0.1) is 0 Å². The Morgan fingerprint density at radius 1 is 0.893 bits per heavy atom. The third-order valence-electron chi connectivity index (χ3n) is 6.14. The molecule has 0 bridgehead atoms. The van der Waals surface area contributed by atoms with E-state index in [2.05, 4.69) is 52.3 Å². The molecule has 2 aromatic carbocycles. The first-order valence-corrected chi connectivity index (χ1v) is 10.7. The number of nitrogens with zero attached hydrogens (tertiary/aromatic N) is 2. The third-order valence-corrected chi connectivity index (χ3v) is 6.14. The Labute approximate surface area is 169 Å². The van der Waals surface area contributed by atoms with E-state index >= 15 is 0 Å². The summed E-state index contributed by atoms with van der Waals surface area (Å²) in [5.74, 6) is 0.668. The SMILES string of the molecule is Nc1ccc(C2CCN(CC3CN(Cc4ccccc4)CCCO3)CC2)cc1. The van der Waals surface area contributed by atoms with Crippen LogP contribution in [0.15, 0.2) is 54.6 Å². The first-order chi connectivity index (χ1) is 13.8. The fourth-order valence-electron chi connectivity index (χ4n) is 4.57. The van der Waals surface area contributed by atoms with Crippen molar-refractivity contribution >= 4 is 5.69 Å². The van der Waals surface area contributed by atoms with Gasteiger partial charge in [-0.05, 0) is 61.5 Å². The van der Waals surface area contributed by atoms with Gasteiger partial charge >= 0.3 is 0 Å². The minimum Gasteiger partial charge on any atom is -0.399 e. The molecular formula is C24H33N3O. The molecule has 2 aromatic rings.